The Morgan fingerprint density at radius 3 is 2.60 bits per heavy atom. The molecule has 0 saturated heterocycles. The molecule has 1 aromatic carbocycles. The van der Waals surface area contributed by atoms with E-state index in [4.69, 9.17) is 4.42 Å². The lowest BCUT2D eigenvalue weighted by Crippen LogP contribution is -2.11. The molecule has 15 heavy (non-hydrogen) atoms. The Kier molecular flexibility index (Phi) is 3.72. The predicted octanol–water partition coefficient (Wildman–Crippen LogP) is 2.95. The number of aryl methyl sites for hydroxylation is 2. The molecule has 0 atom stereocenters. The molecule has 2 rings (SSSR count). The van der Waals surface area contributed by atoms with E-state index in [0.29, 0.717) is 12.1 Å². The number of rotatable bonds is 1. The van der Waals surface area contributed by atoms with Crippen molar-refractivity contribution in [1.29, 1.82) is 0 Å². The average Bonchev–Trinajstić information content (AvgIpc) is 2.56. The number of aromatic nitrogens is 1. The van der Waals surface area contributed by atoms with Crippen LogP contribution in [-0.2, 0) is 6.54 Å². The maximum atomic E-state index is 11.3. The third-order valence-electron chi connectivity index (χ3n) is 2.14. The quantitative estimate of drug-likeness (QED) is 0.720. The van der Waals surface area contributed by atoms with Crippen LogP contribution >= 0.6 is 0 Å². The highest BCUT2D eigenvalue weighted by Gasteiger charge is 2.06. The Labute approximate surface area is 89.3 Å². The van der Waals surface area contributed by atoms with Gasteiger partial charge in [0, 0.05) is 6.54 Å². The van der Waals surface area contributed by atoms with Crippen molar-refractivity contribution < 1.29 is 4.42 Å². The molecule has 3 heteroatoms. The molecule has 1 aromatic heterocycles. The van der Waals surface area contributed by atoms with Crippen LogP contribution in [0, 0.1) is 6.92 Å². The minimum absolute atomic E-state index is 0.275. The smallest absolute Gasteiger partial charge is 0.408 e. The van der Waals surface area contributed by atoms with Crippen molar-refractivity contribution in [2.75, 3.05) is 0 Å². The maximum Gasteiger partial charge on any atom is 0.419 e. The first kappa shape index (κ1) is 11.6. The summed E-state index contributed by atoms with van der Waals surface area (Å²) in [7, 11) is 0. The van der Waals surface area contributed by atoms with Gasteiger partial charge in [0.25, 0.3) is 0 Å². The van der Waals surface area contributed by atoms with Crippen LogP contribution in [0.3, 0.4) is 0 Å². The number of nitrogens with zero attached hydrogens (tertiary/aromatic N) is 1. The van der Waals surface area contributed by atoms with Gasteiger partial charge in [0.2, 0.25) is 0 Å². The van der Waals surface area contributed by atoms with Gasteiger partial charge in [-0.1, -0.05) is 19.9 Å². The molecule has 2 aromatic rings. The Bertz CT molecular complexity index is 494. The molecule has 1 heterocycles. The summed E-state index contributed by atoms with van der Waals surface area (Å²) < 4.78 is 6.68. The largest absolute Gasteiger partial charge is 0.419 e. The number of benzene rings is 1. The van der Waals surface area contributed by atoms with Crippen LogP contribution in [0.1, 0.15) is 26.3 Å². The van der Waals surface area contributed by atoms with Gasteiger partial charge in [-0.25, -0.2) is 4.79 Å². The van der Waals surface area contributed by atoms with Crippen molar-refractivity contribution in [1.82, 2.24) is 4.57 Å². The van der Waals surface area contributed by atoms with Crippen LogP contribution in [-0.4, -0.2) is 4.57 Å². The summed E-state index contributed by atoms with van der Waals surface area (Å²) in [4.78, 5) is 11.3. The zero-order valence-corrected chi connectivity index (χ0v) is 9.70. The molecule has 0 saturated carbocycles. The first-order valence-corrected chi connectivity index (χ1v) is 5.32. The third kappa shape index (κ3) is 2.12. The number of oxazole rings is 1. The van der Waals surface area contributed by atoms with E-state index in [2.05, 4.69) is 0 Å². The highest BCUT2D eigenvalue weighted by molar-refractivity contribution is 5.73. The van der Waals surface area contributed by atoms with E-state index in [0.717, 1.165) is 11.1 Å². The van der Waals surface area contributed by atoms with Gasteiger partial charge in [-0.3, -0.25) is 4.57 Å². The SMILES string of the molecule is CC.CCn1c(=O)oc2ccc(C)cc21. The zero-order chi connectivity index (χ0) is 11.4. The zero-order valence-electron chi connectivity index (χ0n) is 9.70. The minimum Gasteiger partial charge on any atom is -0.408 e. The highest BCUT2D eigenvalue weighted by atomic mass is 16.4. The van der Waals surface area contributed by atoms with E-state index >= 15 is 0 Å². The summed E-state index contributed by atoms with van der Waals surface area (Å²) in [5.41, 5.74) is 2.68. The molecule has 0 spiro atoms. The third-order valence-corrected chi connectivity index (χ3v) is 2.14. The fraction of sp³-hybridized carbons (Fsp3) is 0.417. The second-order valence-electron chi connectivity index (χ2n) is 3.08. The molecule has 0 fully saturated rings. The Hall–Kier alpha value is -1.51. The van der Waals surface area contributed by atoms with Gasteiger partial charge in [0.1, 0.15) is 0 Å². The first-order valence-electron chi connectivity index (χ1n) is 5.32. The Morgan fingerprint density at radius 2 is 2.00 bits per heavy atom. The molecule has 0 N–H and O–H groups in total. The fourth-order valence-corrected chi connectivity index (χ4v) is 1.47. The van der Waals surface area contributed by atoms with Gasteiger partial charge in [-0.15, -0.1) is 0 Å². The topological polar surface area (TPSA) is 35.1 Å². The van der Waals surface area contributed by atoms with Gasteiger partial charge < -0.3 is 4.42 Å². The molecular formula is C12H17NO2. The summed E-state index contributed by atoms with van der Waals surface area (Å²) in [6.45, 7) is 8.57. The number of fused-ring (bicyclic) bond motifs is 1. The maximum absolute atomic E-state index is 11.3. The molecule has 82 valence electrons. The van der Waals surface area contributed by atoms with Gasteiger partial charge in [-0.05, 0) is 31.5 Å². The number of hydrogen-bond acceptors (Lipinski definition) is 2. The van der Waals surface area contributed by atoms with Crippen molar-refractivity contribution in [3.8, 4) is 0 Å². The standard InChI is InChI=1S/C10H11NO2.C2H6/c1-3-11-8-6-7(2)4-5-9(8)13-10(11)12;1-2/h4-6H,3H2,1-2H3;1-2H3. The summed E-state index contributed by atoms with van der Waals surface area (Å²) in [5.74, 6) is -0.275. The van der Waals surface area contributed by atoms with Crippen molar-refractivity contribution in [3.05, 3.63) is 34.3 Å². The monoisotopic (exact) mass is 207 g/mol. The lowest BCUT2D eigenvalue weighted by atomic mass is 10.2. The van der Waals surface area contributed by atoms with E-state index in [1.165, 1.54) is 0 Å². The average molecular weight is 207 g/mol. The molecule has 0 bridgehead atoms. The van der Waals surface area contributed by atoms with Crippen LogP contribution in [0.5, 0.6) is 0 Å². The van der Waals surface area contributed by atoms with E-state index < -0.39 is 0 Å². The van der Waals surface area contributed by atoms with Gasteiger partial charge in [0.05, 0.1) is 5.52 Å². The van der Waals surface area contributed by atoms with E-state index in [1.807, 2.05) is 45.9 Å². The summed E-state index contributed by atoms with van der Waals surface area (Å²) in [5, 5.41) is 0. The second-order valence-corrected chi connectivity index (χ2v) is 3.08. The molecular weight excluding hydrogens is 190 g/mol. The van der Waals surface area contributed by atoms with E-state index in [1.54, 1.807) is 4.57 Å². The van der Waals surface area contributed by atoms with Crippen LogP contribution in [0.15, 0.2) is 27.4 Å². The molecule has 0 amide bonds. The molecule has 3 nitrogen and oxygen atoms in total. The Balaban J connectivity index is 0.000000531. The van der Waals surface area contributed by atoms with E-state index in [9.17, 15) is 4.79 Å². The molecule has 0 aliphatic rings. The molecule has 0 unspecified atom stereocenters. The van der Waals surface area contributed by atoms with Crippen LogP contribution in [0.2, 0.25) is 0 Å². The van der Waals surface area contributed by atoms with Crippen LogP contribution in [0.4, 0.5) is 0 Å². The molecule has 0 aliphatic carbocycles. The van der Waals surface area contributed by atoms with Crippen molar-refractivity contribution in [3.63, 3.8) is 0 Å². The van der Waals surface area contributed by atoms with E-state index in [-0.39, 0.29) is 5.76 Å². The minimum atomic E-state index is -0.275. The van der Waals surface area contributed by atoms with Crippen LogP contribution in [0.25, 0.3) is 11.1 Å². The molecule has 0 radical (unpaired) electrons. The van der Waals surface area contributed by atoms with Crippen molar-refractivity contribution in [2.45, 2.75) is 34.2 Å². The second kappa shape index (κ2) is 4.82. The summed E-state index contributed by atoms with van der Waals surface area (Å²) in [6.07, 6.45) is 0. The van der Waals surface area contributed by atoms with Crippen molar-refractivity contribution >= 4 is 11.1 Å². The summed E-state index contributed by atoms with van der Waals surface area (Å²) in [6, 6.07) is 5.73. The lowest BCUT2D eigenvalue weighted by molar-refractivity contribution is 0.513. The lowest BCUT2D eigenvalue weighted by Gasteiger charge is -1.96. The highest BCUT2D eigenvalue weighted by Crippen LogP contribution is 2.13. The summed E-state index contributed by atoms with van der Waals surface area (Å²) >= 11 is 0. The first-order chi connectivity index (χ1) is 7.22. The molecule has 0 aliphatic heterocycles. The van der Waals surface area contributed by atoms with Gasteiger partial charge in [0.15, 0.2) is 5.58 Å². The van der Waals surface area contributed by atoms with Crippen LogP contribution < -0.4 is 5.76 Å². The van der Waals surface area contributed by atoms with Gasteiger partial charge in [-0.2, -0.15) is 0 Å². The fourth-order valence-electron chi connectivity index (χ4n) is 1.47. The normalized spacial score (nSPS) is 9.87. The van der Waals surface area contributed by atoms with Crippen molar-refractivity contribution in [2.24, 2.45) is 0 Å². The predicted molar refractivity (Wildman–Crippen MR) is 62.2 cm³/mol. The number of hydrogen-bond donors (Lipinski definition) is 0. The Morgan fingerprint density at radius 1 is 1.33 bits per heavy atom. The van der Waals surface area contributed by atoms with Gasteiger partial charge >= 0.3 is 5.76 Å².